The zero-order valence-electron chi connectivity index (χ0n) is 8.36. The second-order valence-electron chi connectivity index (χ2n) is 4.71. The first-order valence-electron chi connectivity index (χ1n) is 4.99. The fourth-order valence-electron chi connectivity index (χ4n) is 2.20. The van der Waals surface area contributed by atoms with Gasteiger partial charge in [-0.05, 0) is 19.8 Å². The summed E-state index contributed by atoms with van der Waals surface area (Å²) in [6.07, 6.45) is 6.43. The van der Waals surface area contributed by atoms with Crippen molar-refractivity contribution in [3.63, 3.8) is 0 Å². The molecule has 1 aliphatic heterocycles. The summed E-state index contributed by atoms with van der Waals surface area (Å²) in [6.45, 7) is 3.18. The summed E-state index contributed by atoms with van der Waals surface area (Å²) in [5.74, 6) is 3.08. The lowest BCUT2D eigenvalue weighted by molar-refractivity contribution is -0.154. The molecule has 0 unspecified atom stereocenters. The van der Waals surface area contributed by atoms with Crippen LogP contribution in [0.1, 0.15) is 19.8 Å². The van der Waals surface area contributed by atoms with Gasteiger partial charge in [0, 0.05) is 19.0 Å². The Labute approximate surface area is 84.1 Å². The second-order valence-corrected chi connectivity index (χ2v) is 4.71. The van der Waals surface area contributed by atoms with Gasteiger partial charge < -0.3 is 10.0 Å². The molecule has 0 aromatic carbocycles. The molecule has 0 aromatic heterocycles. The van der Waals surface area contributed by atoms with Crippen molar-refractivity contribution < 1.29 is 9.90 Å². The highest BCUT2D eigenvalue weighted by Gasteiger charge is 2.45. The molecule has 2 rings (SSSR count). The number of hydrogen-bond donors (Lipinski definition) is 1. The minimum atomic E-state index is -0.614. The Kier molecular flexibility index (Phi) is 2.04. The number of terminal acetylenes is 1. The van der Waals surface area contributed by atoms with Gasteiger partial charge >= 0.3 is 0 Å². The third-order valence-corrected chi connectivity index (χ3v) is 3.15. The Balaban J connectivity index is 1.80. The van der Waals surface area contributed by atoms with Crippen LogP contribution >= 0.6 is 0 Å². The Morgan fingerprint density at radius 2 is 2.14 bits per heavy atom. The third-order valence-electron chi connectivity index (χ3n) is 3.15. The van der Waals surface area contributed by atoms with Crippen molar-refractivity contribution in [1.29, 1.82) is 0 Å². The molecule has 1 amide bonds. The van der Waals surface area contributed by atoms with Gasteiger partial charge in [-0.1, -0.05) is 5.92 Å². The highest BCUT2D eigenvalue weighted by molar-refractivity contribution is 5.81. The fraction of sp³-hybridized carbons (Fsp3) is 0.727. The van der Waals surface area contributed by atoms with Crippen LogP contribution < -0.4 is 0 Å². The van der Waals surface area contributed by atoms with Gasteiger partial charge in [0.1, 0.15) is 0 Å². The van der Waals surface area contributed by atoms with E-state index < -0.39 is 5.60 Å². The van der Waals surface area contributed by atoms with E-state index in [0.29, 0.717) is 25.9 Å². The zero-order valence-corrected chi connectivity index (χ0v) is 8.36. The molecule has 2 fully saturated rings. The molecule has 76 valence electrons. The summed E-state index contributed by atoms with van der Waals surface area (Å²) < 4.78 is 0. The van der Waals surface area contributed by atoms with Gasteiger partial charge in [-0.15, -0.1) is 6.42 Å². The van der Waals surface area contributed by atoms with Crippen LogP contribution in [0.2, 0.25) is 0 Å². The van der Waals surface area contributed by atoms with Gasteiger partial charge in [0.25, 0.3) is 0 Å². The van der Waals surface area contributed by atoms with Crippen molar-refractivity contribution in [2.24, 2.45) is 11.8 Å². The maximum Gasteiger partial charge on any atom is 0.225 e. The largest absolute Gasteiger partial charge is 0.390 e. The molecule has 1 N–H and O–H groups in total. The van der Waals surface area contributed by atoms with Crippen LogP contribution in [0.15, 0.2) is 0 Å². The Hall–Kier alpha value is -1.01. The van der Waals surface area contributed by atoms with Crippen molar-refractivity contribution in [2.45, 2.75) is 25.4 Å². The lowest BCUT2D eigenvalue weighted by Gasteiger charge is -2.45. The first-order valence-corrected chi connectivity index (χ1v) is 4.99. The van der Waals surface area contributed by atoms with E-state index in [4.69, 9.17) is 6.42 Å². The minimum absolute atomic E-state index is 0.0312. The molecule has 1 saturated heterocycles. The summed E-state index contributed by atoms with van der Waals surface area (Å²) in [4.78, 5) is 13.5. The Bertz CT molecular complexity index is 289. The van der Waals surface area contributed by atoms with Gasteiger partial charge in [-0.2, -0.15) is 0 Å². The standard InChI is InChI=1S/C11H15NO2/c1-3-8-6-12(7-8)10(13)9-4-11(2,14)5-9/h1,8-9,14H,4-7H2,2H3. The molecule has 0 radical (unpaired) electrons. The number of amides is 1. The van der Waals surface area contributed by atoms with Gasteiger partial charge in [-0.25, -0.2) is 0 Å². The quantitative estimate of drug-likeness (QED) is 0.606. The van der Waals surface area contributed by atoms with Crippen LogP contribution in [0.5, 0.6) is 0 Å². The summed E-state index contributed by atoms with van der Waals surface area (Å²) in [7, 11) is 0. The van der Waals surface area contributed by atoms with E-state index in [9.17, 15) is 9.90 Å². The summed E-state index contributed by atoms with van der Waals surface area (Å²) >= 11 is 0. The summed E-state index contributed by atoms with van der Waals surface area (Å²) in [5, 5.41) is 9.50. The monoisotopic (exact) mass is 193 g/mol. The molecule has 0 bridgehead atoms. The van der Waals surface area contributed by atoms with Crippen LogP contribution in [0, 0.1) is 24.2 Å². The summed E-state index contributed by atoms with van der Waals surface area (Å²) in [5.41, 5.74) is -0.614. The molecular formula is C11H15NO2. The molecular weight excluding hydrogens is 178 g/mol. The number of aliphatic hydroxyl groups is 1. The van der Waals surface area contributed by atoms with Gasteiger partial charge in [0.05, 0.1) is 11.5 Å². The smallest absolute Gasteiger partial charge is 0.225 e. The lowest BCUT2D eigenvalue weighted by Crippen LogP contribution is -2.56. The number of nitrogens with zero attached hydrogens (tertiary/aromatic N) is 1. The normalized spacial score (nSPS) is 36.9. The van der Waals surface area contributed by atoms with E-state index in [1.54, 1.807) is 11.8 Å². The molecule has 3 heteroatoms. The molecule has 1 heterocycles. The topological polar surface area (TPSA) is 40.5 Å². The minimum Gasteiger partial charge on any atom is -0.390 e. The van der Waals surface area contributed by atoms with Crippen molar-refractivity contribution in [1.82, 2.24) is 4.90 Å². The first-order chi connectivity index (χ1) is 6.52. The van der Waals surface area contributed by atoms with Crippen LogP contribution in [-0.4, -0.2) is 34.6 Å². The first kappa shape index (κ1) is 9.54. The molecule has 1 saturated carbocycles. The molecule has 0 spiro atoms. The highest BCUT2D eigenvalue weighted by atomic mass is 16.3. The van der Waals surface area contributed by atoms with Crippen LogP contribution in [0.25, 0.3) is 0 Å². The summed E-state index contributed by atoms with van der Waals surface area (Å²) in [6, 6.07) is 0. The fourth-order valence-corrected chi connectivity index (χ4v) is 2.20. The maximum atomic E-state index is 11.7. The van der Waals surface area contributed by atoms with Gasteiger partial charge in [0.15, 0.2) is 0 Å². The van der Waals surface area contributed by atoms with E-state index in [1.165, 1.54) is 0 Å². The number of carbonyl (C=O) groups is 1. The Morgan fingerprint density at radius 3 is 2.57 bits per heavy atom. The Morgan fingerprint density at radius 1 is 1.57 bits per heavy atom. The van der Waals surface area contributed by atoms with Crippen LogP contribution in [0.4, 0.5) is 0 Å². The highest BCUT2D eigenvalue weighted by Crippen LogP contribution is 2.39. The van der Waals surface area contributed by atoms with E-state index >= 15 is 0 Å². The predicted molar refractivity (Wildman–Crippen MR) is 52.3 cm³/mol. The maximum absolute atomic E-state index is 11.7. The zero-order chi connectivity index (χ0) is 10.3. The number of rotatable bonds is 1. The molecule has 3 nitrogen and oxygen atoms in total. The number of carbonyl (C=O) groups excluding carboxylic acids is 1. The molecule has 1 aliphatic carbocycles. The van der Waals surface area contributed by atoms with E-state index in [-0.39, 0.29) is 17.7 Å². The SMILES string of the molecule is C#CC1CN(C(=O)C2CC(C)(O)C2)C1. The predicted octanol–water partition coefficient (Wildman–Crippen LogP) is 0.239. The van der Waals surface area contributed by atoms with Gasteiger partial charge in [-0.3, -0.25) is 4.79 Å². The van der Waals surface area contributed by atoms with Crippen molar-refractivity contribution >= 4 is 5.91 Å². The van der Waals surface area contributed by atoms with Crippen molar-refractivity contribution in [2.75, 3.05) is 13.1 Å². The van der Waals surface area contributed by atoms with Crippen LogP contribution in [0.3, 0.4) is 0 Å². The van der Waals surface area contributed by atoms with E-state index in [2.05, 4.69) is 5.92 Å². The van der Waals surface area contributed by atoms with Crippen molar-refractivity contribution in [3.8, 4) is 12.3 Å². The number of hydrogen-bond acceptors (Lipinski definition) is 2. The van der Waals surface area contributed by atoms with Gasteiger partial charge in [0.2, 0.25) is 5.91 Å². The molecule has 0 atom stereocenters. The van der Waals surface area contributed by atoms with E-state index in [0.717, 1.165) is 0 Å². The average molecular weight is 193 g/mol. The lowest BCUT2D eigenvalue weighted by atomic mass is 9.71. The molecule has 0 aromatic rings. The van der Waals surface area contributed by atoms with E-state index in [1.807, 2.05) is 0 Å². The molecule has 14 heavy (non-hydrogen) atoms. The molecule has 2 aliphatic rings. The average Bonchev–Trinajstić information content (AvgIpc) is 1.97. The third kappa shape index (κ3) is 1.51. The second kappa shape index (κ2) is 2.99. The van der Waals surface area contributed by atoms with Crippen molar-refractivity contribution in [3.05, 3.63) is 0 Å². The van der Waals surface area contributed by atoms with Crippen LogP contribution in [-0.2, 0) is 4.79 Å². The number of likely N-dealkylation sites (tertiary alicyclic amines) is 1.